The van der Waals surface area contributed by atoms with Gasteiger partial charge in [0.2, 0.25) is 5.89 Å². The first kappa shape index (κ1) is 18.6. The molecule has 0 spiro atoms. The Morgan fingerprint density at radius 3 is 2.66 bits per heavy atom. The fraction of sp³-hybridized carbons (Fsp3) is 0.364. The molecule has 3 fully saturated rings. The van der Waals surface area contributed by atoms with Crippen LogP contribution in [-0.2, 0) is 0 Å². The van der Waals surface area contributed by atoms with Crippen LogP contribution < -0.4 is 10.1 Å². The summed E-state index contributed by atoms with van der Waals surface area (Å²) in [6.07, 6.45) is 2.31. The maximum Gasteiger partial charge on any atom is 0.253 e. The number of amides is 1. The van der Waals surface area contributed by atoms with Gasteiger partial charge in [0.1, 0.15) is 11.3 Å². The third-order valence-electron chi connectivity index (χ3n) is 6.01. The molecule has 4 heterocycles. The maximum atomic E-state index is 13.1. The molecule has 1 unspecified atom stereocenters. The molecule has 6 nitrogen and oxygen atoms in total. The van der Waals surface area contributed by atoms with Crippen LogP contribution >= 0.6 is 15.9 Å². The standard InChI is InChI=1S/C22H22BrN3O3/c1-28-16-4-2-14(3-5-16)22-25-20-17(10-15(23)11-19(20)29-22)21(27)24-18-12-26-8-6-13(18)7-9-26/h2-5,10-11,13,18H,6-9,12H2,1H3,(H,24,27). The van der Waals surface area contributed by atoms with Crippen molar-refractivity contribution < 1.29 is 13.9 Å². The highest BCUT2D eigenvalue weighted by atomic mass is 79.9. The molecule has 1 atom stereocenters. The fourth-order valence-corrected chi connectivity index (χ4v) is 4.84. The minimum Gasteiger partial charge on any atom is -0.497 e. The minimum atomic E-state index is -0.0929. The molecule has 1 aromatic heterocycles. The predicted octanol–water partition coefficient (Wildman–Crippen LogP) is 4.09. The van der Waals surface area contributed by atoms with E-state index in [-0.39, 0.29) is 11.9 Å². The van der Waals surface area contributed by atoms with E-state index in [1.54, 1.807) is 7.11 Å². The van der Waals surface area contributed by atoms with Crippen molar-refractivity contribution >= 4 is 32.9 Å². The minimum absolute atomic E-state index is 0.0929. The van der Waals surface area contributed by atoms with Crippen molar-refractivity contribution in [1.82, 2.24) is 15.2 Å². The summed E-state index contributed by atoms with van der Waals surface area (Å²) in [7, 11) is 1.63. The lowest BCUT2D eigenvalue weighted by molar-refractivity contribution is 0.0621. The summed E-state index contributed by atoms with van der Waals surface area (Å²) in [6.45, 7) is 3.23. The molecule has 2 aromatic carbocycles. The Morgan fingerprint density at radius 2 is 2.00 bits per heavy atom. The van der Waals surface area contributed by atoms with E-state index in [2.05, 4.69) is 31.1 Å². The van der Waals surface area contributed by atoms with Gasteiger partial charge in [-0.2, -0.15) is 0 Å². The summed E-state index contributed by atoms with van der Waals surface area (Å²) in [4.78, 5) is 20.2. The normalized spacial score (nSPS) is 23.3. The smallest absolute Gasteiger partial charge is 0.253 e. The van der Waals surface area contributed by atoms with Gasteiger partial charge >= 0.3 is 0 Å². The molecule has 3 aromatic rings. The van der Waals surface area contributed by atoms with E-state index in [4.69, 9.17) is 9.15 Å². The number of nitrogens with one attached hydrogen (secondary N) is 1. The van der Waals surface area contributed by atoms with Crippen LogP contribution in [0.15, 0.2) is 45.3 Å². The Morgan fingerprint density at radius 1 is 1.24 bits per heavy atom. The number of halogens is 1. The van der Waals surface area contributed by atoms with Crippen LogP contribution in [-0.4, -0.2) is 48.6 Å². The van der Waals surface area contributed by atoms with Crippen molar-refractivity contribution in [2.45, 2.75) is 18.9 Å². The summed E-state index contributed by atoms with van der Waals surface area (Å²) in [5.41, 5.74) is 2.54. The Kier molecular flexibility index (Phi) is 4.80. The van der Waals surface area contributed by atoms with E-state index < -0.39 is 0 Å². The number of fused-ring (bicyclic) bond motifs is 4. The lowest BCUT2D eigenvalue weighted by Gasteiger charge is -2.44. The first-order valence-electron chi connectivity index (χ1n) is 9.88. The van der Waals surface area contributed by atoms with Crippen LogP contribution in [0.3, 0.4) is 0 Å². The van der Waals surface area contributed by atoms with E-state index in [1.807, 2.05) is 36.4 Å². The Hall–Kier alpha value is -2.38. The molecule has 150 valence electrons. The Labute approximate surface area is 177 Å². The lowest BCUT2D eigenvalue weighted by Crippen LogP contribution is -2.57. The van der Waals surface area contributed by atoms with Crippen LogP contribution in [0.5, 0.6) is 5.75 Å². The quantitative estimate of drug-likeness (QED) is 0.641. The van der Waals surface area contributed by atoms with E-state index in [0.717, 1.165) is 48.3 Å². The van der Waals surface area contributed by atoms with Crippen molar-refractivity contribution in [3.63, 3.8) is 0 Å². The van der Waals surface area contributed by atoms with Crippen LogP contribution in [0.1, 0.15) is 23.2 Å². The lowest BCUT2D eigenvalue weighted by atomic mass is 9.84. The van der Waals surface area contributed by atoms with Crippen molar-refractivity contribution in [2.75, 3.05) is 26.7 Å². The zero-order valence-corrected chi connectivity index (χ0v) is 17.7. The van der Waals surface area contributed by atoms with Crippen molar-refractivity contribution in [3.8, 4) is 17.2 Å². The van der Waals surface area contributed by atoms with Gasteiger partial charge in [-0.3, -0.25) is 4.79 Å². The third kappa shape index (κ3) is 3.53. The van der Waals surface area contributed by atoms with Crippen LogP contribution in [0.2, 0.25) is 0 Å². The molecular weight excluding hydrogens is 434 g/mol. The molecule has 1 amide bonds. The molecule has 1 N–H and O–H groups in total. The van der Waals surface area contributed by atoms with Crippen molar-refractivity contribution in [1.29, 1.82) is 0 Å². The second-order valence-electron chi connectivity index (χ2n) is 7.77. The van der Waals surface area contributed by atoms with Gasteiger partial charge in [-0.15, -0.1) is 0 Å². The largest absolute Gasteiger partial charge is 0.497 e. The average molecular weight is 456 g/mol. The van der Waals surface area contributed by atoms with Gasteiger partial charge in [0.05, 0.1) is 12.7 Å². The average Bonchev–Trinajstić information content (AvgIpc) is 3.18. The highest BCUT2D eigenvalue weighted by Crippen LogP contribution is 2.31. The number of aromatic nitrogens is 1. The molecule has 29 heavy (non-hydrogen) atoms. The second kappa shape index (κ2) is 7.46. The Bertz CT molecular complexity index is 1060. The van der Waals surface area contributed by atoms with Gasteiger partial charge in [0.15, 0.2) is 5.58 Å². The second-order valence-corrected chi connectivity index (χ2v) is 8.68. The van der Waals surface area contributed by atoms with Crippen LogP contribution in [0.4, 0.5) is 0 Å². The molecule has 0 aliphatic carbocycles. The van der Waals surface area contributed by atoms with E-state index in [0.29, 0.717) is 28.5 Å². The molecule has 0 radical (unpaired) electrons. The van der Waals surface area contributed by atoms with Gasteiger partial charge in [-0.25, -0.2) is 4.98 Å². The van der Waals surface area contributed by atoms with Gasteiger partial charge in [0, 0.05) is 22.6 Å². The van der Waals surface area contributed by atoms with E-state index >= 15 is 0 Å². The number of carbonyl (C=O) groups is 1. The highest BCUT2D eigenvalue weighted by Gasteiger charge is 2.35. The third-order valence-corrected chi connectivity index (χ3v) is 6.47. The highest BCUT2D eigenvalue weighted by molar-refractivity contribution is 9.10. The van der Waals surface area contributed by atoms with Gasteiger partial charge in [-0.1, -0.05) is 15.9 Å². The number of oxazole rings is 1. The molecule has 3 aliphatic heterocycles. The van der Waals surface area contributed by atoms with Gasteiger partial charge in [-0.05, 0) is 68.2 Å². The zero-order chi connectivity index (χ0) is 20.0. The van der Waals surface area contributed by atoms with Crippen LogP contribution in [0.25, 0.3) is 22.6 Å². The summed E-state index contributed by atoms with van der Waals surface area (Å²) < 4.78 is 12.0. The van der Waals surface area contributed by atoms with Crippen molar-refractivity contribution in [2.24, 2.45) is 5.92 Å². The van der Waals surface area contributed by atoms with Crippen molar-refractivity contribution in [3.05, 3.63) is 46.4 Å². The number of benzene rings is 2. The van der Waals surface area contributed by atoms with E-state index in [9.17, 15) is 4.79 Å². The number of hydrogen-bond acceptors (Lipinski definition) is 5. The number of rotatable bonds is 4. The molecule has 6 rings (SSSR count). The number of piperidine rings is 3. The number of ether oxygens (including phenoxy) is 1. The molecule has 3 saturated heterocycles. The number of methoxy groups -OCH3 is 1. The topological polar surface area (TPSA) is 67.6 Å². The predicted molar refractivity (Wildman–Crippen MR) is 114 cm³/mol. The fourth-order valence-electron chi connectivity index (χ4n) is 4.40. The summed E-state index contributed by atoms with van der Waals surface area (Å²) in [6, 6.07) is 11.4. The van der Waals surface area contributed by atoms with Gasteiger partial charge < -0.3 is 19.4 Å². The molecule has 0 saturated carbocycles. The van der Waals surface area contributed by atoms with Gasteiger partial charge in [0.25, 0.3) is 5.91 Å². The summed E-state index contributed by atoms with van der Waals surface area (Å²) >= 11 is 3.50. The number of nitrogens with zero attached hydrogens (tertiary/aromatic N) is 2. The monoisotopic (exact) mass is 455 g/mol. The summed E-state index contributed by atoms with van der Waals surface area (Å²) in [5, 5.41) is 3.25. The Balaban J connectivity index is 1.46. The molecule has 3 aliphatic rings. The SMILES string of the molecule is COc1ccc(-c2nc3c(C(=O)NC4CN5CCC4CC5)cc(Br)cc3o2)cc1. The van der Waals surface area contributed by atoms with Crippen LogP contribution in [0, 0.1) is 5.92 Å². The first-order valence-corrected chi connectivity index (χ1v) is 10.7. The summed E-state index contributed by atoms with van der Waals surface area (Å²) in [5.74, 6) is 1.73. The number of hydrogen-bond donors (Lipinski definition) is 1. The molecular formula is C22H22BrN3O3. The maximum absolute atomic E-state index is 13.1. The molecule has 7 heteroatoms. The van der Waals surface area contributed by atoms with E-state index in [1.165, 1.54) is 0 Å². The first-order chi connectivity index (χ1) is 14.1. The zero-order valence-electron chi connectivity index (χ0n) is 16.2. The number of carbonyl (C=O) groups excluding carboxylic acids is 1. The molecule has 2 bridgehead atoms.